The van der Waals surface area contributed by atoms with Gasteiger partial charge in [-0.25, -0.2) is 0 Å². The van der Waals surface area contributed by atoms with Crippen molar-refractivity contribution >= 4 is 11.6 Å². The Labute approximate surface area is 149 Å². The number of β-amino-alcohol motifs (C(OH)–C–C–N with tert-alkyl or cyclic N) is 1. The molecular weight excluding hydrogens is 312 g/mol. The second-order valence-electron chi connectivity index (χ2n) is 6.49. The van der Waals surface area contributed by atoms with Gasteiger partial charge in [0.15, 0.2) is 0 Å². The number of amides is 1. The van der Waals surface area contributed by atoms with E-state index in [9.17, 15) is 9.90 Å². The molecule has 4 nitrogen and oxygen atoms in total. The molecule has 0 bridgehead atoms. The van der Waals surface area contributed by atoms with Crippen molar-refractivity contribution in [1.82, 2.24) is 4.90 Å². The van der Waals surface area contributed by atoms with Gasteiger partial charge in [-0.3, -0.25) is 4.79 Å². The van der Waals surface area contributed by atoms with Gasteiger partial charge in [0.25, 0.3) is 5.91 Å². The highest BCUT2D eigenvalue weighted by atomic mass is 16.3. The van der Waals surface area contributed by atoms with Crippen LogP contribution in [0.15, 0.2) is 48.5 Å². The Kier molecular flexibility index (Phi) is 5.39. The van der Waals surface area contributed by atoms with E-state index in [4.69, 9.17) is 0 Å². The Hall–Kier alpha value is -2.33. The fraction of sp³-hybridized carbons (Fsp3) is 0.381. The molecule has 1 fully saturated rings. The number of benzene rings is 2. The van der Waals surface area contributed by atoms with E-state index in [0.29, 0.717) is 25.1 Å². The van der Waals surface area contributed by atoms with Crippen molar-refractivity contribution in [3.63, 3.8) is 0 Å². The van der Waals surface area contributed by atoms with E-state index in [-0.39, 0.29) is 12.0 Å². The van der Waals surface area contributed by atoms with Gasteiger partial charge < -0.3 is 14.9 Å². The molecule has 1 atom stereocenters. The van der Waals surface area contributed by atoms with E-state index in [1.54, 1.807) is 4.90 Å². The molecule has 1 aliphatic rings. The van der Waals surface area contributed by atoms with Gasteiger partial charge in [0.05, 0.1) is 6.10 Å². The molecule has 25 heavy (non-hydrogen) atoms. The van der Waals surface area contributed by atoms with Gasteiger partial charge in [-0.2, -0.15) is 0 Å². The number of anilines is 1. The average molecular weight is 338 g/mol. The zero-order valence-electron chi connectivity index (χ0n) is 15.0. The van der Waals surface area contributed by atoms with E-state index in [2.05, 4.69) is 43.0 Å². The Morgan fingerprint density at radius 3 is 2.08 bits per heavy atom. The molecule has 1 heterocycles. The second-order valence-corrected chi connectivity index (χ2v) is 6.49. The number of aliphatic hydroxyl groups excluding tert-OH is 1. The number of hydrogen-bond donors (Lipinski definition) is 1. The Balaban J connectivity index is 1.73. The number of carbonyl (C=O) groups is 1. The van der Waals surface area contributed by atoms with Crippen molar-refractivity contribution in [3.05, 3.63) is 54.1 Å². The van der Waals surface area contributed by atoms with E-state index in [1.165, 1.54) is 5.69 Å². The molecule has 4 heteroatoms. The molecule has 132 valence electrons. The smallest absolute Gasteiger partial charge is 0.253 e. The van der Waals surface area contributed by atoms with Crippen LogP contribution in [0.4, 0.5) is 5.69 Å². The quantitative estimate of drug-likeness (QED) is 0.909. The van der Waals surface area contributed by atoms with Crippen LogP contribution >= 0.6 is 0 Å². The van der Waals surface area contributed by atoms with Gasteiger partial charge in [-0.05, 0) is 55.7 Å². The molecule has 0 spiro atoms. The van der Waals surface area contributed by atoms with Gasteiger partial charge in [0.2, 0.25) is 0 Å². The van der Waals surface area contributed by atoms with E-state index >= 15 is 0 Å². The molecule has 0 saturated carbocycles. The number of carbonyl (C=O) groups excluding carboxylic acids is 1. The third-order valence-corrected chi connectivity index (χ3v) is 4.91. The second kappa shape index (κ2) is 7.70. The first-order valence-electron chi connectivity index (χ1n) is 9.05. The molecule has 0 aromatic heterocycles. The maximum Gasteiger partial charge on any atom is 0.253 e. The summed E-state index contributed by atoms with van der Waals surface area (Å²) in [5, 5.41) is 9.59. The monoisotopic (exact) mass is 338 g/mol. The van der Waals surface area contributed by atoms with Crippen molar-refractivity contribution in [2.45, 2.75) is 26.4 Å². The fourth-order valence-corrected chi connectivity index (χ4v) is 3.37. The predicted octanol–water partition coefficient (Wildman–Crippen LogP) is 3.41. The van der Waals surface area contributed by atoms with Crippen LogP contribution in [0.25, 0.3) is 11.1 Å². The van der Waals surface area contributed by atoms with Crippen LogP contribution in [0.5, 0.6) is 0 Å². The lowest BCUT2D eigenvalue weighted by atomic mass is 10.0. The summed E-state index contributed by atoms with van der Waals surface area (Å²) in [4.78, 5) is 16.5. The summed E-state index contributed by atoms with van der Waals surface area (Å²) in [5.74, 6) is -0.0000173. The van der Waals surface area contributed by atoms with Crippen molar-refractivity contribution < 1.29 is 9.90 Å². The summed E-state index contributed by atoms with van der Waals surface area (Å²) in [5.41, 5.74) is 4.15. The number of hydrogen-bond acceptors (Lipinski definition) is 3. The van der Waals surface area contributed by atoms with Crippen molar-refractivity contribution in [2.24, 2.45) is 0 Å². The first-order valence-corrected chi connectivity index (χ1v) is 9.05. The highest BCUT2D eigenvalue weighted by Gasteiger charge is 2.25. The highest BCUT2D eigenvalue weighted by molar-refractivity contribution is 5.95. The highest BCUT2D eigenvalue weighted by Crippen LogP contribution is 2.24. The fourth-order valence-electron chi connectivity index (χ4n) is 3.37. The van der Waals surface area contributed by atoms with Crippen LogP contribution in [0.1, 0.15) is 30.6 Å². The van der Waals surface area contributed by atoms with Crippen LogP contribution in [-0.2, 0) is 0 Å². The van der Waals surface area contributed by atoms with E-state index in [1.807, 2.05) is 24.3 Å². The van der Waals surface area contributed by atoms with Gasteiger partial charge in [0, 0.05) is 37.4 Å². The lowest BCUT2D eigenvalue weighted by Crippen LogP contribution is -2.29. The van der Waals surface area contributed by atoms with Gasteiger partial charge in [0.1, 0.15) is 0 Å². The number of rotatable bonds is 5. The summed E-state index contributed by atoms with van der Waals surface area (Å²) < 4.78 is 0. The molecule has 0 unspecified atom stereocenters. The maximum atomic E-state index is 12.4. The summed E-state index contributed by atoms with van der Waals surface area (Å²) >= 11 is 0. The molecule has 1 aliphatic heterocycles. The molecular formula is C21H26N2O2. The summed E-state index contributed by atoms with van der Waals surface area (Å²) in [6.45, 7) is 7.39. The average Bonchev–Trinajstić information content (AvgIpc) is 3.09. The zero-order chi connectivity index (χ0) is 17.8. The minimum Gasteiger partial charge on any atom is -0.391 e. The number of nitrogens with zero attached hydrogens (tertiary/aromatic N) is 2. The van der Waals surface area contributed by atoms with Gasteiger partial charge >= 0.3 is 0 Å². The predicted molar refractivity (Wildman–Crippen MR) is 102 cm³/mol. The largest absolute Gasteiger partial charge is 0.391 e. The summed E-state index contributed by atoms with van der Waals surface area (Å²) in [6.07, 6.45) is 0.287. The summed E-state index contributed by atoms with van der Waals surface area (Å²) in [7, 11) is 0. The lowest BCUT2D eigenvalue weighted by Gasteiger charge is -2.21. The van der Waals surface area contributed by atoms with Crippen LogP contribution in [0, 0.1) is 0 Å². The number of aliphatic hydroxyl groups is 1. The first-order chi connectivity index (χ1) is 12.1. The van der Waals surface area contributed by atoms with Crippen molar-refractivity contribution in [1.29, 1.82) is 0 Å². The molecule has 3 rings (SSSR count). The third kappa shape index (κ3) is 3.85. The Bertz CT molecular complexity index is 706. The molecule has 1 N–H and O–H groups in total. The minimum atomic E-state index is -0.382. The topological polar surface area (TPSA) is 43.8 Å². The Morgan fingerprint density at radius 2 is 1.60 bits per heavy atom. The molecule has 2 aromatic rings. The lowest BCUT2D eigenvalue weighted by molar-refractivity contribution is 0.0765. The SMILES string of the molecule is CCN(CC)c1ccc(-c2ccc(C(=O)N3CC[C@@H](O)C3)cc2)cc1. The molecule has 1 saturated heterocycles. The first kappa shape index (κ1) is 17.5. The molecule has 0 radical (unpaired) electrons. The van der Waals surface area contributed by atoms with E-state index < -0.39 is 0 Å². The third-order valence-electron chi connectivity index (χ3n) is 4.91. The summed E-state index contributed by atoms with van der Waals surface area (Å²) in [6, 6.07) is 16.3. The molecule has 2 aromatic carbocycles. The van der Waals surface area contributed by atoms with Crippen LogP contribution < -0.4 is 4.90 Å². The maximum absolute atomic E-state index is 12.4. The normalized spacial score (nSPS) is 16.9. The molecule has 1 amide bonds. The minimum absolute atomic E-state index is 0.0000173. The standard InChI is InChI=1S/C21H26N2O2/c1-3-22(4-2)19-11-9-17(10-12-19)16-5-7-18(8-6-16)21(25)23-14-13-20(24)15-23/h5-12,20,24H,3-4,13-15H2,1-2H3/t20-/m1/s1. The van der Waals surface area contributed by atoms with Crippen LogP contribution in [0.2, 0.25) is 0 Å². The number of likely N-dealkylation sites (tertiary alicyclic amines) is 1. The molecule has 0 aliphatic carbocycles. The van der Waals surface area contributed by atoms with Crippen molar-refractivity contribution in [2.75, 3.05) is 31.1 Å². The van der Waals surface area contributed by atoms with Crippen LogP contribution in [-0.4, -0.2) is 48.2 Å². The Morgan fingerprint density at radius 1 is 1.04 bits per heavy atom. The van der Waals surface area contributed by atoms with Gasteiger partial charge in [-0.1, -0.05) is 24.3 Å². The van der Waals surface area contributed by atoms with Crippen molar-refractivity contribution in [3.8, 4) is 11.1 Å². The zero-order valence-corrected chi connectivity index (χ0v) is 15.0. The van der Waals surface area contributed by atoms with Crippen LogP contribution in [0.3, 0.4) is 0 Å². The van der Waals surface area contributed by atoms with Gasteiger partial charge in [-0.15, -0.1) is 0 Å². The van der Waals surface area contributed by atoms with E-state index in [0.717, 1.165) is 24.2 Å².